The number of nitrogens with one attached hydrogen (secondary N) is 2. The first-order valence-corrected chi connectivity index (χ1v) is 6.45. The summed E-state index contributed by atoms with van der Waals surface area (Å²) in [4.78, 5) is 22.8. The number of hydrogen-bond donors (Lipinski definition) is 3. The Morgan fingerprint density at radius 1 is 1.32 bits per heavy atom. The zero-order valence-electron chi connectivity index (χ0n) is 10.8. The van der Waals surface area contributed by atoms with E-state index in [-0.39, 0.29) is 11.8 Å². The molecule has 6 heteroatoms. The van der Waals surface area contributed by atoms with Gasteiger partial charge >= 0.3 is 0 Å². The molecule has 1 rings (SSSR count). The molecule has 19 heavy (non-hydrogen) atoms. The first-order valence-electron chi connectivity index (χ1n) is 6.08. The van der Waals surface area contributed by atoms with Gasteiger partial charge in [0.1, 0.15) is 0 Å². The highest BCUT2D eigenvalue weighted by atomic mass is 35.5. The molecule has 0 unspecified atom stereocenters. The molecule has 1 aromatic carbocycles. The van der Waals surface area contributed by atoms with Crippen molar-refractivity contribution >= 4 is 29.1 Å². The Morgan fingerprint density at radius 2 is 1.95 bits per heavy atom. The number of carbonyl (C=O) groups is 2. The minimum atomic E-state index is -0.525. The van der Waals surface area contributed by atoms with E-state index in [9.17, 15) is 9.59 Å². The number of benzene rings is 1. The smallest absolute Gasteiger partial charge is 0.236 e. The summed E-state index contributed by atoms with van der Waals surface area (Å²) in [6.07, 6.45) is 0.903. The van der Waals surface area contributed by atoms with E-state index in [0.717, 1.165) is 0 Å². The van der Waals surface area contributed by atoms with Crippen LogP contribution in [0.4, 0.5) is 5.69 Å². The molecule has 104 valence electrons. The van der Waals surface area contributed by atoms with Crippen molar-refractivity contribution in [3.8, 4) is 0 Å². The van der Waals surface area contributed by atoms with Crippen molar-refractivity contribution in [2.45, 2.75) is 25.8 Å². The standard InChI is InChI=1S/C13H18ClN3O2/c1-9(15)13(19)16-8-2-3-12(18)17-11-6-4-10(14)5-7-11/h4-7,9H,2-3,8,15H2,1H3,(H,16,19)(H,17,18)/t9-/m0/s1. The van der Waals surface area contributed by atoms with Crippen LogP contribution in [0.5, 0.6) is 0 Å². The van der Waals surface area contributed by atoms with E-state index in [1.54, 1.807) is 31.2 Å². The van der Waals surface area contributed by atoms with Crippen LogP contribution in [0.1, 0.15) is 19.8 Å². The molecule has 0 aromatic heterocycles. The van der Waals surface area contributed by atoms with Crippen molar-refractivity contribution in [1.82, 2.24) is 5.32 Å². The maximum Gasteiger partial charge on any atom is 0.236 e. The Balaban J connectivity index is 2.21. The van der Waals surface area contributed by atoms with Gasteiger partial charge in [-0.3, -0.25) is 9.59 Å². The van der Waals surface area contributed by atoms with Crippen molar-refractivity contribution in [3.05, 3.63) is 29.3 Å². The number of hydrogen-bond acceptors (Lipinski definition) is 3. The van der Waals surface area contributed by atoms with Crippen molar-refractivity contribution in [2.75, 3.05) is 11.9 Å². The summed E-state index contributed by atoms with van der Waals surface area (Å²) < 4.78 is 0. The van der Waals surface area contributed by atoms with Crippen LogP contribution >= 0.6 is 11.6 Å². The molecular weight excluding hydrogens is 266 g/mol. The topological polar surface area (TPSA) is 84.2 Å². The molecule has 4 N–H and O–H groups in total. The summed E-state index contributed by atoms with van der Waals surface area (Å²) in [5.41, 5.74) is 6.09. The number of carbonyl (C=O) groups excluding carboxylic acids is 2. The van der Waals surface area contributed by atoms with E-state index in [2.05, 4.69) is 10.6 Å². The van der Waals surface area contributed by atoms with Gasteiger partial charge in [-0.25, -0.2) is 0 Å². The highest BCUT2D eigenvalue weighted by Gasteiger charge is 2.06. The normalized spacial score (nSPS) is 11.7. The van der Waals surface area contributed by atoms with E-state index in [0.29, 0.717) is 30.1 Å². The second kappa shape index (κ2) is 7.76. The third kappa shape index (κ3) is 6.22. The minimum absolute atomic E-state index is 0.0997. The van der Waals surface area contributed by atoms with Crippen LogP contribution in [0.2, 0.25) is 5.02 Å². The van der Waals surface area contributed by atoms with E-state index < -0.39 is 6.04 Å². The predicted octanol–water partition coefficient (Wildman–Crippen LogP) is 1.52. The van der Waals surface area contributed by atoms with Gasteiger partial charge < -0.3 is 16.4 Å². The van der Waals surface area contributed by atoms with Crippen LogP contribution in [0, 0.1) is 0 Å². The van der Waals surface area contributed by atoms with E-state index in [1.807, 2.05) is 0 Å². The first kappa shape index (κ1) is 15.5. The molecular formula is C13H18ClN3O2. The van der Waals surface area contributed by atoms with Crippen LogP contribution in [-0.2, 0) is 9.59 Å². The summed E-state index contributed by atoms with van der Waals surface area (Å²) in [6.45, 7) is 2.05. The maximum absolute atomic E-state index is 11.6. The average Bonchev–Trinajstić information content (AvgIpc) is 2.37. The summed E-state index contributed by atoms with van der Waals surface area (Å²) in [5.74, 6) is -0.310. The fourth-order valence-corrected chi connectivity index (χ4v) is 1.50. The second-order valence-electron chi connectivity index (χ2n) is 4.24. The lowest BCUT2D eigenvalue weighted by Gasteiger charge is -2.08. The van der Waals surface area contributed by atoms with Crippen LogP contribution in [0.15, 0.2) is 24.3 Å². The SMILES string of the molecule is C[C@H](N)C(=O)NCCCC(=O)Nc1ccc(Cl)cc1. The molecule has 0 aliphatic rings. The molecule has 0 spiro atoms. The Kier molecular flexibility index (Phi) is 6.32. The highest BCUT2D eigenvalue weighted by molar-refractivity contribution is 6.30. The van der Waals surface area contributed by atoms with Crippen LogP contribution in [0.25, 0.3) is 0 Å². The zero-order chi connectivity index (χ0) is 14.3. The number of amides is 2. The summed E-state index contributed by atoms with van der Waals surface area (Å²) in [5, 5.41) is 6.01. The van der Waals surface area contributed by atoms with E-state index in [4.69, 9.17) is 17.3 Å². The minimum Gasteiger partial charge on any atom is -0.355 e. The van der Waals surface area contributed by atoms with Crippen LogP contribution < -0.4 is 16.4 Å². The molecule has 0 bridgehead atoms. The van der Waals surface area contributed by atoms with Gasteiger partial charge in [0.05, 0.1) is 6.04 Å². The van der Waals surface area contributed by atoms with Gasteiger partial charge in [-0.1, -0.05) is 11.6 Å². The number of rotatable bonds is 6. The van der Waals surface area contributed by atoms with Gasteiger partial charge in [0, 0.05) is 23.7 Å². The Labute approximate surface area is 117 Å². The molecule has 1 aromatic rings. The maximum atomic E-state index is 11.6. The van der Waals surface area contributed by atoms with E-state index in [1.165, 1.54) is 0 Å². The van der Waals surface area contributed by atoms with Gasteiger partial charge in [0.25, 0.3) is 0 Å². The fraction of sp³-hybridized carbons (Fsp3) is 0.385. The second-order valence-corrected chi connectivity index (χ2v) is 4.67. The van der Waals surface area contributed by atoms with Crippen molar-refractivity contribution in [3.63, 3.8) is 0 Å². The Hall–Kier alpha value is -1.59. The molecule has 5 nitrogen and oxygen atoms in total. The molecule has 0 heterocycles. The highest BCUT2D eigenvalue weighted by Crippen LogP contribution is 2.13. The van der Waals surface area contributed by atoms with Crippen LogP contribution in [-0.4, -0.2) is 24.4 Å². The average molecular weight is 284 g/mol. The Bertz CT molecular complexity index is 432. The van der Waals surface area contributed by atoms with Gasteiger partial charge in [0.2, 0.25) is 11.8 Å². The van der Waals surface area contributed by atoms with Crippen molar-refractivity contribution in [1.29, 1.82) is 0 Å². The summed E-state index contributed by atoms with van der Waals surface area (Å²) in [6, 6.07) is 6.36. The molecule has 0 fully saturated rings. The Morgan fingerprint density at radius 3 is 2.53 bits per heavy atom. The van der Waals surface area contributed by atoms with Gasteiger partial charge in [0.15, 0.2) is 0 Å². The molecule has 0 aliphatic heterocycles. The molecule has 2 amide bonds. The first-order chi connectivity index (χ1) is 8.99. The fourth-order valence-electron chi connectivity index (χ4n) is 1.38. The number of anilines is 1. The van der Waals surface area contributed by atoms with Gasteiger partial charge in [-0.05, 0) is 37.6 Å². The molecule has 0 aliphatic carbocycles. The monoisotopic (exact) mass is 283 g/mol. The molecule has 0 radical (unpaired) electrons. The largest absolute Gasteiger partial charge is 0.355 e. The number of halogens is 1. The molecule has 0 saturated carbocycles. The lowest BCUT2D eigenvalue weighted by Crippen LogP contribution is -2.38. The third-order valence-electron chi connectivity index (χ3n) is 2.42. The van der Waals surface area contributed by atoms with Crippen LogP contribution in [0.3, 0.4) is 0 Å². The van der Waals surface area contributed by atoms with Crippen molar-refractivity contribution in [2.24, 2.45) is 5.73 Å². The molecule has 0 saturated heterocycles. The third-order valence-corrected chi connectivity index (χ3v) is 2.67. The quantitative estimate of drug-likeness (QED) is 0.692. The summed E-state index contributed by atoms with van der Waals surface area (Å²) >= 11 is 5.74. The van der Waals surface area contributed by atoms with E-state index >= 15 is 0 Å². The zero-order valence-corrected chi connectivity index (χ0v) is 11.5. The number of nitrogens with two attached hydrogens (primary N) is 1. The van der Waals surface area contributed by atoms with Crippen molar-refractivity contribution < 1.29 is 9.59 Å². The van der Waals surface area contributed by atoms with Gasteiger partial charge in [-0.2, -0.15) is 0 Å². The lowest BCUT2D eigenvalue weighted by atomic mass is 10.2. The van der Waals surface area contributed by atoms with Gasteiger partial charge in [-0.15, -0.1) is 0 Å². The lowest BCUT2D eigenvalue weighted by molar-refractivity contribution is -0.122. The molecule has 1 atom stereocenters. The predicted molar refractivity (Wildman–Crippen MR) is 76.0 cm³/mol. The summed E-state index contributed by atoms with van der Waals surface area (Å²) in [7, 11) is 0.